The topological polar surface area (TPSA) is 105 Å². The second kappa shape index (κ2) is 7.47. The second-order valence-electron chi connectivity index (χ2n) is 5.37. The number of pyridine rings is 1. The third-order valence-corrected chi connectivity index (χ3v) is 4.96. The van der Waals surface area contributed by atoms with Crippen LogP contribution in [0.4, 0.5) is 5.69 Å². The SMILES string of the molecule is CN(C)C(CNS(=O)(=O)c1ccc([N+](=O)[O-])cc1)c1cccnc1. The Morgan fingerprint density at radius 2 is 1.92 bits per heavy atom. The number of nitrogens with zero attached hydrogens (tertiary/aromatic N) is 3. The van der Waals surface area contributed by atoms with Crippen molar-refractivity contribution < 1.29 is 13.3 Å². The summed E-state index contributed by atoms with van der Waals surface area (Å²) >= 11 is 0. The number of nitrogens with one attached hydrogen (secondary N) is 1. The molecule has 24 heavy (non-hydrogen) atoms. The Bertz CT molecular complexity index is 792. The molecule has 0 aliphatic heterocycles. The molecule has 1 aromatic carbocycles. The molecule has 2 aromatic rings. The minimum Gasteiger partial charge on any atom is -0.301 e. The molecule has 1 heterocycles. The Kier molecular flexibility index (Phi) is 5.60. The minimum absolute atomic E-state index is 0.0169. The molecule has 0 saturated carbocycles. The summed E-state index contributed by atoms with van der Waals surface area (Å²) in [5.74, 6) is 0. The molecular weight excluding hydrogens is 332 g/mol. The highest BCUT2D eigenvalue weighted by molar-refractivity contribution is 7.89. The molecule has 9 heteroatoms. The molecule has 0 radical (unpaired) electrons. The normalized spacial score (nSPS) is 13.0. The molecule has 0 aliphatic carbocycles. The van der Waals surface area contributed by atoms with Gasteiger partial charge in [0.1, 0.15) is 0 Å². The van der Waals surface area contributed by atoms with E-state index in [0.717, 1.165) is 5.56 Å². The van der Waals surface area contributed by atoms with Gasteiger partial charge in [-0.05, 0) is 37.9 Å². The zero-order valence-corrected chi connectivity index (χ0v) is 14.1. The summed E-state index contributed by atoms with van der Waals surface area (Å²) in [6, 6.07) is 8.24. The molecule has 0 fully saturated rings. The van der Waals surface area contributed by atoms with Gasteiger partial charge in [0.05, 0.1) is 9.82 Å². The molecule has 1 aromatic heterocycles. The van der Waals surface area contributed by atoms with E-state index in [1.807, 2.05) is 25.1 Å². The summed E-state index contributed by atoms with van der Waals surface area (Å²) in [5, 5.41) is 10.6. The highest BCUT2D eigenvalue weighted by Gasteiger charge is 2.20. The third-order valence-electron chi connectivity index (χ3n) is 3.52. The molecule has 8 nitrogen and oxygen atoms in total. The van der Waals surface area contributed by atoms with E-state index in [2.05, 4.69) is 9.71 Å². The van der Waals surface area contributed by atoms with E-state index in [0.29, 0.717) is 0 Å². The van der Waals surface area contributed by atoms with Gasteiger partial charge < -0.3 is 4.90 Å². The first kappa shape index (κ1) is 18.0. The van der Waals surface area contributed by atoms with E-state index >= 15 is 0 Å². The summed E-state index contributed by atoms with van der Waals surface area (Å²) in [6.45, 7) is 0.151. The van der Waals surface area contributed by atoms with E-state index < -0.39 is 14.9 Å². The molecular formula is C15H18N4O4S. The van der Waals surface area contributed by atoms with Crippen molar-refractivity contribution in [3.8, 4) is 0 Å². The van der Waals surface area contributed by atoms with Crippen LogP contribution in [0.25, 0.3) is 0 Å². The molecule has 2 rings (SSSR count). The number of hydrogen-bond donors (Lipinski definition) is 1. The highest BCUT2D eigenvalue weighted by atomic mass is 32.2. The number of rotatable bonds is 7. The molecule has 0 aliphatic rings. The standard InChI is InChI=1S/C15H18N4O4S/c1-18(2)15(12-4-3-9-16-10-12)11-17-24(22,23)14-7-5-13(6-8-14)19(20)21/h3-10,15,17H,11H2,1-2H3. The molecule has 128 valence electrons. The number of benzene rings is 1. The smallest absolute Gasteiger partial charge is 0.269 e. The molecule has 0 saturated heterocycles. The lowest BCUT2D eigenvalue weighted by Gasteiger charge is -2.24. The zero-order chi connectivity index (χ0) is 17.7. The zero-order valence-electron chi connectivity index (χ0n) is 13.3. The molecule has 0 spiro atoms. The van der Waals surface area contributed by atoms with Crippen LogP contribution in [0, 0.1) is 10.1 Å². The van der Waals surface area contributed by atoms with Gasteiger partial charge in [0, 0.05) is 37.1 Å². The van der Waals surface area contributed by atoms with Crippen LogP contribution in [0.2, 0.25) is 0 Å². The van der Waals surface area contributed by atoms with E-state index in [-0.39, 0.29) is 23.2 Å². The lowest BCUT2D eigenvalue weighted by atomic mass is 10.1. The quantitative estimate of drug-likeness (QED) is 0.600. The lowest BCUT2D eigenvalue weighted by Crippen LogP contribution is -2.34. The first-order valence-corrected chi connectivity index (χ1v) is 8.60. The van der Waals surface area contributed by atoms with Crippen molar-refractivity contribution in [3.63, 3.8) is 0 Å². The van der Waals surface area contributed by atoms with Crippen LogP contribution < -0.4 is 4.72 Å². The second-order valence-corrected chi connectivity index (χ2v) is 7.14. The Morgan fingerprint density at radius 1 is 1.25 bits per heavy atom. The monoisotopic (exact) mass is 350 g/mol. The van der Waals surface area contributed by atoms with Gasteiger partial charge >= 0.3 is 0 Å². The maximum absolute atomic E-state index is 12.4. The summed E-state index contributed by atoms with van der Waals surface area (Å²) in [6.07, 6.45) is 3.34. The Morgan fingerprint density at radius 3 is 2.42 bits per heavy atom. The summed E-state index contributed by atoms with van der Waals surface area (Å²) in [4.78, 5) is 16.0. The van der Waals surface area contributed by atoms with Crippen molar-refractivity contribution in [1.82, 2.24) is 14.6 Å². The van der Waals surface area contributed by atoms with E-state index in [1.165, 1.54) is 24.3 Å². The fraction of sp³-hybridized carbons (Fsp3) is 0.267. The average molecular weight is 350 g/mol. The number of sulfonamides is 1. The number of nitro groups is 1. The predicted molar refractivity (Wildman–Crippen MR) is 88.9 cm³/mol. The van der Waals surface area contributed by atoms with E-state index in [9.17, 15) is 18.5 Å². The highest BCUT2D eigenvalue weighted by Crippen LogP contribution is 2.19. The first-order valence-electron chi connectivity index (χ1n) is 7.12. The Balaban J connectivity index is 2.14. The van der Waals surface area contributed by atoms with Crippen molar-refractivity contribution in [2.45, 2.75) is 10.9 Å². The van der Waals surface area contributed by atoms with Crippen molar-refractivity contribution in [3.05, 3.63) is 64.5 Å². The molecule has 1 unspecified atom stereocenters. The molecule has 0 amide bonds. The van der Waals surface area contributed by atoms with Crippen molar-refractivity contribution in [1.29, 1.82) is 0 Å². The predicted octanol–water partition coefficient (Wildman–Crippen LogP) is 1.57. The summed E-state index contributed by atoms with van der Waals surface area (Å²) < 4.78 is 27.2. The maximum atomic E-state index is 12.4. The van der Waals surface area contributed by atoms with Crippen molar-refractivity contribution >= 4 is 15.7 Å². The summed E-state index contributed by atoms with van der Waals surface area (Å²) in [5.41, 5.74) is 0.726. The van der Waals surface area contributed by atoms with Crippen LogP contribution in [0.1, 0.15) is 11.6 Å². The van der Waals surface area contributed by atoms with Crippen LogP contribution in [0.15, 0.2) is 53.7 Å². The van der Waals surface area contributed by atoms with Gasteiger partial charge in [0.25, 0.3) is 5.69 Å². The van der Waals surface area contributed by atoms with E-state index in [4.69, 9.17) is 0 Å². The van der Waals surface area contributed by atoms with Crippen LogP contribution in [-0.4, -0.2) is 43.9 Å². The average Bonchev–Trinajstić information content (AvgIpc) is 2.55. The Labute approximate surface area is 140 Å². The lowest BCUT2D eigenvalue weighted by molar-refractivity contribution is -0.384. The van der Waals surface area contributed by atoms with Gasteiger partial charge in [-0.2, -0.15) is 0 Å². The number of non-ortho nitro benzene ring substituents is 1. The van der Waals surface area contributed by atoms with Gasteiger partial charge in [-0.15, -0.1) is 0 Å². The number of nitro benzene ring substituents is 1. The van der Waals surface area contributed by atoms with Crippen LogP contribution in [0.5, 0.6) is 0 Å². The van der Waals surface area contributed by atoms with Crippen molar-refractivity contribution in [2.24, 2.45) is 0 Å². The van der Waals surface area contributed by atoms with Crippen LogP contribution >= 0.6 is 0 Å². The van der Waals surface area contributed by atoms with Gasteiger partial charge in [-0.3, -0.25) is 15.1 Å². The molecule has 0 bridgehead atoms. The Hall–Kier alpha value is -2.36. The summed E-state index contributed by atoms with van der Waals surface area (Å²) in [7, 11) is -0.0688. The molecule has 1 N–H and O–H groups in total. The van der Waals surface area contributed by atoms with Gasteiger partial charge in [-0.1, -0.05) is 6.07 Å². The van der Waals surface area contributed by atoms with E-state index in [1.54, 1.807) is 18.5 Å². The number of hydrogen-bond acceptors (Lipinski definition) is 6. The first-order chi connectivity index (χ1) is 11.3. The number of likely N-dealkylation sites (N-methyl/N-ethyl adjacent to an activating group) is 1. The van der Waals surface area contributed by atoms with Gasteiger partial charge in [0.15, 0.2) is 0 Å². The molecule has 1 atom stereocenters. The third kappa shape index (κ3) is 4.34. The maximum Gasteiger partial charge on any atom is 0.269 e. The van der Waals surface area contributed by atoms with Gasteiger partial charge in [-0.25, -0.2) is 13.1 Å². The number of aromatic nitrogens is 1. The largest absolute Gasteiger partial charge is 0.301 e. The van der Waals surface area contributed by atoms with Crippen LogP contribution in [0.3, 0.4) is 0 Å². The van der Waals surface area contributed by atoms with Gasteiger partial charge in [0.2, 0.25) is 10.0 Å². The van der Waals surface area contributed by atoms with Crippen molar-refractivity contribution in [2.75, 3.05) is 20.6 Å². The fourth-order valence-corrected chi connectivity index (χ4v) is 3.23. The van der Waals surface area contributed by atoms with Crippen LogP contribution in [-0.2, 0) is 10.0 Å². The fourth-order valence-electron chi connectivity index (χ4n) is 2.19. The minimum atomic E-state index is -3.76.